The first kappa shape index (κ1) is 15.1. The first-order valence-electron chi connectivity index (χ1n) is 6.03. The van der Waals surface area contributed by atoms with Crippen LogP contribution < -0.4 is 0 Å². The van der Waals surface area contributed by atoms with E-state index in [9.17, 15) is 13.6 Å². The maximum atomic E-state index is 13.0. The van der Waals surface area contributed by atoms with Crippen LogP contribution in [0.1, 0.15) is 42.5 Å². The van der Waals surface area contributed by atoms with Gasteiger partial charge in [-0.15, -0.1) is 0 Å². The number of carbonyl (C=O) groups is 1. The van der Waals surface area contributed by atoms with E-state index in [-0.39, 0.29) is 29.7 Å². The van der Waals surface area contributed by atoms with Gasteiger partial charge in [0.15, 0.2) is 0 Å². The van der Waals surface area contributed by atoms with E-state index >= 15 is 0 Å². The lowest BCUT2D eigenvalue weighted by Crippen LogP contribution is -2.12. The van der Waals surface area contributed by atoms with Crippen LogP contribution in [0.2, 0.25) is 0 Å². The number of ether oxygens (including phenoxy) is 1. The number of esters is 1. The Kier molecular flexibility index (Phi) is 5.43. The third kappa shape index (κ3) is 3.75. The zero-order valence-electron chi connectivity index (χ0n) is 10.9. The molecule has 0 amide bonds. The fourth-order valence-corrected chi connectivity index (χ4v) is 1.90. The topological polar surface area (TPSA) is 50.1 Å². The average molecular weight is 267 g/mol. The normalized spacial score (nSPS) is 10.3. The van der Waals surface area contributed by atoms with Crippen molar-refractivity contribution in [3.8, 4) is 6.07 Å². The predicted octanol–water partition coefficient (Wildman–Crippen LogP) is 3.16. The number of carbonyl (C=O) groups excluding carboxylic acids is 1. The van der Waals surface area contributed by atoms with Gasteiger partial charge in [-0.05, 0) is 36.6 Å². The number of hydrogen-bond acceptors (Lipinski definition) is 3. The molecular weight excluding hydrogens is 252 g/mol. The fourth-order valence-electron chi connectivity index (χ4n) is 1.90. The van der Waals surface area contributed by atoms with Crippen LogP contribution >= 0.6 is 0 Å². The molecule has 1 aromatic rings. The van der Waals surface area contributed by atoms with E-state index in [1.54, 1.807) is 19.9 Å². The molecule has 0 aliphatic heterocycles. The Morgan fingerprint density at radius 1 is 1.42 bits per heavy atom. The van der Waals surface area contributed by atoms with Gasteiger partial charge in [0, 0.05) is 5.56 Å². The molecule has 0 aromatic heterocycles. The van der Waals surface area contributed by atoms with Crippen LogP contribution in [0.25, 0.3) is 0 Å². The van der Waals surface area contributed by atoms with E-state index in [0.29, 0.717) is 12.0 Å². The molecule has 0 fully saturated rings. The second-order valence-corrected chi connectivity index (χ2v) is 3.95. The van der Waals surface area contributed by atoms with Crippen LogP contribution in [0.4, 0.5) is 8.78 Å². The lowest BCUT2D eigenvalue weighted by atomic mass is 9.94. The first-order valence-corrected chi connectivity index (χ1v) is 6.03. The van der Waals surface area contributed by atoms with Crippen molar-refractivity contribution < 1.29 is 18.3 Å². The fraction of sp³-hybridized carbons (Fsp3) is 0.429. The summed E-state index contributed by atoms with van der Waals surface area (Å²) in [5.41, 5.74) is 0.779. The van der Waals surface area contributed by atoms with E-state index < -0.39 is 12.4 Å². The Morgan fingerprint density at radius 2 is 2.11 bits per heavy atom. The minimum Gasteiger partial charge on any atom is -0.466 e. The molecule has 0 saturated carbocycles. The molecule has 0 unspecified atom stereocenters. The van der Waals surface area contributed by atoms with E-state index in [1.807, 2.05) is 6.07 Å². The summed E-state index contributed by atoms with van der Waals surface area (Å²) in [5.74, 6) is -0.538. The summed E-state index contributed by atoms with van der Waals surface area (Å²) in [6.07, 6.45) is -2.44. The summed E-state index contributed by atoms with van der Waals surface area (Å²) in [4.78, 5) is 11.5. The van der Waals surface area contributed by atoms with Crippen LogP contribution in [0.15, 0.2) is 12.1 Å². The van der Waals surface area contributed by atoms with E-state index in [2.05, 4.69) is 0 Å². The van der Waals surface area contributed by atoms with E-state index in [4.69, 9.17) is 10.00 Å². The van der Waals surface area contributed by atoms with E-state index in [1.165, 1.54) is 0 Å². The number of aryl methyl sites for hydroxylation is 1. The summed E-state index contributed by atoms with van der Waals surface area (Å²) in [6.45, 7) is 3.66. The molecule has 3 nitrogen and oxygen atoms in total. The van der Waals surface area contributed by atoms with Crippen molar-refractivity contribution in [2.45, 2.75) is 33.1 Å². The summed E-state index contributed by atoms with van der Waals surface area (Å²) in [5, 5.41) is 8.83. The van der Waals surface area contributed by atoms with Crippen LogP contribution in [0.3, 0.4) is 0 Å². The Morgan fingerprint density at radius 3 is 2.58 bits per heavy atom. The smallest absolute Gasteiger partial charge is 0.310 e. The van der Waals surface area contributed by atoms with Crippen LogP contribution in [0.5, 0.6) is 0 Å². The van der Waals surface area contributed by atoms with Gasteiger partial charge in [-0.25, -0.2) is 8.78 Å². The van der Waals surface area contributed by atoms with Gasteiger partial charge in [0.1, 0.15) is 0 Å². The largest absolute Gasteiger partial charge is 0.466 e. The van der Waals surface area contributed by atoms with Gasteiger partial charge in [0.25, 0.3) is 6.43 Å². The number of halogens is 2. The molecule has 1 rings (SSSR count). The number of alkyl halides is 2. The van der Waals surface area contributed by atoms with Crippen molar-refractivity contribution in [2.24, 2.45) is 0 Å². The summed E-state index contributed by atoms with van der Waals surface area (Å²) < 4.78 is 30.9. The molecule has 102 valence electrons. The third-order valence-corrected chi connectivity index (χ3v) is 2.75. The molecule has 0 saturated heterocycles. The monoisotopic (exact) mass is 267 g/mol. The molecule has 0 radical (unpaired) electrons. The Bertz CT molecular complexity index is 507. The van der Waals surface area contributed by atoms with Crippen molar-refractivity contribution in [1.82, 2.24) is 0 Å². The molecule has 19 heavy (non-hydrogen) atoms. The number of nitrogens with zero attached hydrogens (tertiary/aromatic N) is 1. The third-order valence-electron chi connectivity index (χ3n) is 2.75. The maximum Gasteiger partial charge on any atom is 0.310 e. The molecule has 1 aromatic carbocycles. The Balaban J connectivity index is 3.26. The van der Waals surface area contributed by atoms with Crippen molar-refractivity contribution in [1.29, 1.82) is 5.26 Å². The van der Waals surface area contributed by atoms with Gasteiger partial charge in [0.2, 0.25) is 0 Å². The quantitative estimate of drug-likeness (QED) is 0.770. The highest BCUT2D eigenvalue weighted by molar-refractivity contribution is 5.74. The molecule has 0 N–H and O–H groups in total. The molecule has 0 spiro atoms. The van der Waals surface area contributed by atoms with Gasteiger partial charge >= 0.3 is 5.97 Å². The predicted molar refractivity (Wildman–Crippen MR) is 65.8 cm³/mol. The molecule has 5 heteroatoms. The lowest BCUT2D eigenvalue weighted by Gasteiger charge is -2.14. The number of benzene rings is 1. The van der Waals surface area contributed by atoms with Crippen molar-refractivity contribution >= 4 is 5.97 Å². The standard InChI is InChI=1S/C14H15F2NO2/c1-3-10-5-9(8-17)6-12(14(15)16)11(10)7-13(18)19-4-2/h5-6,14H,3-4,7H2,1-2H3. The SMILES string of the molecule is CCOC(=O)Cc1c(CC)cc(C#N)cc1C(F)F. The molecule has 0 bridgehead atoms. The average Bonchev–Trinajstić information content (AvgIpc) is 2.38. The minimum absolute atomic E-state index is 0.180. The highest BCUT2D eigenvalue weighted by Crippen LogP contribution is 2.28. The molecular formula is C14H15F2NO2. The lowest BCUT2D eigenvalue weighted by molar-refractivity contribution is -0.142. The van der Waals surface area contributed by atoms with E-state index in [0.717, 1.165) is 6.07 Å². The van der Waals surface area contributed by atoms with Crippen LogP contribution in [0, 0.1) is 11.3 Å². The highest BCUT2D eigenvalue weighted by Gasteiger charge is 2.20. The summed E-state index contributed by atoms with van der Waals surface area (Å²) >= 11 is 0. The van der Waals surface area contributed by atoms with Crippen LogP contribution in [-0.4, -0.2) is 12.6 Å². The van der Waals surface area contributed by atoms with Crippen molar-refractivity contribution in [3.63, 3.8) is 0 Å². The molecule has 0 atom stereocenters. The van der Waals surface area contributed by atoms with Crippen molar-refractivity contribution in [3.05, 3.63) is 34.4 Å². The Labute approximate surface area is 110 Å². The summed E-state index contributed by atoms with van der Waals surface area (Å²) in [7, 11) is 0. The molecule has 0 aliphatic rings. The van der Waals surface area contributed by atoms with Gasteiger partial charge in [-0.1, -0.05) is 6.92 Å². The van der Waals surface area contributed by atoms with Gasteiger partial charge in [-0.2, -0.15) is 5.26 Å². The number of hydrogen-bond donors (Lipinski definition) is 0. The number of nitriles is 1. The second kappa shape index (κ2) is 6.83. The van der Waals surface area contributed by atoms with Gasteiger partial charge in [0.05, 0.1) is 24.7 Å². The Hall–Kier alpha value is -1.96. The first-order chi connectivity index (χ1) is 9.03. The maximum absolute atomic E-state index is 13.0. The zero-order valence-corrected chi connectivity index (χ0v) is 10.9. The molecule has 0 aliphatic carbocycles. The zero-order chi connectivity index (χ0) is 14.4. The number of rotatable bonds is 5. The van der Waals surface area contributed by atoms with Gasteiger partial charge in [-0.3, -0.25) is 4.79 Å². The highest BCUT2D eigenvalue weighted by atomic mass is 19.3. The second-order valence-electron chi connectivity index (χ2n) is 3.95. The minimum atomic E-state index is -2.72. The van der Waals surface area contributed by atoms with Crippen LogP contribution in [-0.2, 0) is 22.4 Å². The molecule has 0 heterocycles. The van der Waals surface area contributed by atoms with Crippen molar-refractivity contribution in [2.75, 3.05) is 6.61 Å². The summed E-state index contributed by atoms with van der Waals surface area (Å²) in [6, 6.07) is 4.53. The van der Waals surface area contributed by atoms with Gasteiger partial charge < -0.3 is 4.74 Å².